The van der Waals surface area contributed by atoms with E-state index in [4.69, 9.17) is 14.0 Å². The lowest BCUT2D eigenvalue weighted by Gasteiger charge is -2.19. The van der Waals surface area contributed by atoms with Gasteiger partial charge in [0.1, 0.15) is 0 Å². The van der Waals surface area contributed by atoms with E-state index < -0.39 is 0 Å². The first-order chi connectivity index (χ1) is 7.40. The van der Waals surface area contributed by atoms with Crippen LogP contribution in [0.5, 0.6) is 0 Å². The minimum absolute atomic E-state index is 0.207. The van der Waals surface area contributed by atoms with Crippen LogP contribution in [0.25, 0.3) is 0 Å². The number of ether oxygens (including phenoxy) is 2. The van der Waals surface area contributed by atoms with Crippen molar-refractivity contribution in [3.05, 3.63) is 11.7 Å². The molecule has 0 bridgehead atoms. The van der Waals surface area contributed by atoms with Crippen LogP contribution in [0.3, 0.4) is 0 Å². The fraction of sp³-hybridized carbons (Fsp3) is 0.778. The molecule has 1 aliphatic rings. The summed E-state index contributed by atoms with van der Waals surface area (Å²) in [7, 11) is 0. The molecule has 1 atom stereocenters. The summed E-state index contributed by atoms with van der Waals surface area (Å²) < 4.78 is 15.8. The van der Waals surface area contributed by atoms with E-state index in [0.29, 0.717) is 38.1 Å². The second-order valence-electron chi connectivity index (χ2n) is 3.26. The van der Waals surface area contributed by atoms with E-state index in [1.54, 1.807) is 0 Å². The van der Waals surface area contributed by atoms with Gasteiger partial charge >= 0.3 is 0 Å². The fourth-order valence-corrected chi connectivity index (χ4v) is 1.34. The third-order valence-electron chi connectivity index (χ3n) is 2.11. The number of aromatic nitrogens is 2. The Labute approximate surface area is 87.9 Å². The molecule has 1 fully saturated rings. The number of hydrogen-bond donors (Lipinski definition) is 1. The number of rotatable bonds is 4. The Kier molecular flexibility index (Phi) is 3.65. The summed E-state index contributed by atoms with van der Waals surface area (Å²) in [6.45, 7) is 5.23. The van der Waals surface area contributed by atoms with E-state index in [9.17, 15) is 0 Å². The first-order valence-electron chi connectivity index (χ1n) is 5.12. The van der Waals surface area contributed by atoms with Crippen molar-refractivity contribution in [3.8, 4) is 0 Å². The second kappa shape index (κ2) is 5.20. The highest BCUT2D eigenvalue weighted by Gasteiger charge is 2.22. The van der Waals surface area contributed by atoms with Gasteiger partial charge in [0.25, 0.3) is 5.89 Å². The lowest BCUT2D eigenvalue weighted by Crippen LogP contribution is -2.22. The van der Waals surface area contributed by atoms with Gasteiger partial charge in [0.15, 0.2) is 11.9 Å². The Morgan fingerprint density at radius 3 is 3.13 bits per heavy atom. The zero-order chi connectivity index (χ0) is 10.5. The van der Waals surface area contributed by atoms with Crippen LogP contribution < -0.4 is 5.32 Å². The molecule has 84 valence electrons. The van der Waals surface area contributed by atoms with Crippen LogP contribution in [-0.4, -0.2) is 36.5 Å². The first kappa shape index (κ1) is 10.5. The molecule has 1 saturated heterocycles. The molecule has 0 radical (unpaired) electrons. The second-order valence-corrected chi connectivity index (χ2v) is 3.26. The van der Waals surface area contributed by atoms with Crippen LogP contribution in [0.1, 0.15) is 24.7 Å². The quantitative estimate of drug-likeness (QED) is 0.774. The molecule has 1 aliphatic heterocycles. The smallest absolute Gasteiger partial charge is 0.258 e. The predicted molar refractivity (Wildman–Crippen MR) is 51.2 cm³/mol. The molecule has 1 aromatic heterocycles. The maximum absolute atomic E-state index is 5.44. The molecule has 0 spiro atoms. The summed E-state index contributed by atoms with van der Waals surface area (Å²) in [4.78, 5) is 4.23. The van der Waals surface area contributed by atoms with E-state index in [-0.39, 0.29) is 6.10 Å². The fourth-order valence-electron chi connectivity index (χ4n) is 1.34. The minimum atomic E-state index is -0.207. The number of hydrogen-bond acceptors (Lipinski definition) is 6. The summed E-state index contributed by atoms with van der Waals surface area (Å²) in [6, 6.07) is 0. The molecular weight excluding hydrogens is 198 g/mol. The maximum Gasteiger partial charge on any atom is 0.258 e. The van der Waals surface area contributed by atoms with Gasteiger partial charge in [0.05, 0.1) is 26.4 Å². The van der Waals surface area contributed by atoms with Gasteiger partial charge in [-0.1, -0.05) is 12.1 Å². The molecule has 6 heteroatoms. The molecule has 0 aliphatic carbocycles. The van der Waals surface area contributed by atoms with Gasteiger partial charge in [-0.3, -0.25) is 0 Å². The van der Waals surface area contributed by atoms with Crippen LogP contribution in [0, 0.1) is 0 Å². The van der Waals surface area contributed by atoms with Crippen molar-refractivity contribution in [1.82, 2.24) is 15.5 Å². The minimum Gasteiger partial charge on any atom is -0.376 e. The van der Waals surface area contributed by atoms with Crippen molar-refractivity contribution in [2.45, 2.75) is 19.6 Å². The number of nitrogens with one attached hydrogen (secondary N) is 1. The van der Waals surface area contributed by atoms with Gasteiger partial charge < -0.3 is 19.3 Å². The topological polar surface area (TPSA) is 69.4 Å². The molecule has 1 unspecified atom stereocenters. The SMILES string of the molecule is CCNCc1noc(C2COCCO2)n1. The third-order valence-corrected chi connectivity index (χ3v) is 2.11. The zero-order valence-electron chi connectivity index (χ0n) is 8.73. The van der Waals surface area contributed by atoms with Crippen LogP contribution in [0.2, 0.25) is 0 Å². The summed E-state index contributed by atoms with van der Waals surface area (Å²) in [5.41, 5.74) is 0. The summed E-state index contributed by atoms with van der Waals surface area (Å²) in [5, 5.41) is 6.97. The van der Waals surface area contributed by atoms with Crippen LogP contribution in [0.15, 0.2) is 4.52 Å². The van der Waals surface area contributed by atoms with Crippen molar-refractivity contribution >= 4 is 0 Å². The Bertz CT molecular complexity index is 297. The Morgan fingerprint density at radius 2 is 2.40 bits per heavy atom. The van der Waals surface area contributed by atoms with Crippen molar-refractivity contribution in [1.29, 1.82) is 0 Å². The van der Waals surface area contributed by atoms with Crippen LogP contribution in [0.4, 0.5) is 0 Å². The Balaban J connectivity index is 1.93. The third kappa shape index (κ3) is 2.74. The molecule has 0 aromatic carbocycles. The number of nitrogens with zero attached hydrogens (tertiary/aromatic N) is 2. The molecule has 15 heavy (non-hydrogen) atoms. The molecule has 0 saturated carbocycles. The van der Waals surface area contributed by atoms with Crippen LogP contribution >= 0.6 is 0 Å². The zero-order valence-corrected chi connectivity index (χ0v) is 8.73. The van der Waals surface area contributed by atoms with Gasteiger partial charge in [0, 0.05) is 0 Å². The summed E-state index contributed by atoms with van der Waals surface area (Å²) in [5.74, 6) is 1.16. The normalized spacial score (nSPS) is 21.8. The lowest BCUT2D eigenvalue weighted by atomic mass is 10.3. The monoisotopic (exact) mass is 213 g/mol. The molecule has 2 heterocycles. The van der Waals surface area contributed by atoms with Gasteiger partial charge in [-0.15, -0.1) is 0 Å². The maximum atomic E-state index is 5.44. The molecule has 6 nitrogen and oxygen atoms in total. The van der Waals surface area contributed by atoms with Gasteiger partial charge in [-0.05, 0) is 6.54 Å². The van der Waals surface area contributed by atoms with Gasteiger partial charge in [-0.2, -0.15) is 4.98 Å². The Hall–Kier alpha value is -0.980. The van der Waals surface area contributed by atoms with Crippen molar-refractivity contribution in [2.24, 2.45) is 0 Å². The lowest BCUT2D eigenvalue weighted by molar-refractivity contribution is -0.101. The first-order valence-corrected chi connectivity index (χ1v) is 5.12. The van der Waals surface area contributed by atoms with Crippen molar-refractivity contribution < 1.29 is 14.0 Å². The largest absolute Gasteiger partial charge is 0.376 e. The van der Waals surface area contributed by atoms with Crippen molar-refractivity contribution in [3.63, 3.8) is 0 Å². The average molecular weight is 213 g/mol. The molecule has 1 aromatic rings. The predicted octanol–water partition coefficient (Wildman–Crippen LogP) is 0.267. The molecule has 2 rings (SSSR count). The van der Waals surface area contributed by atoms with Crippen LogP contribution in [-0.2, 0) is 16.0 Å². The van der Waals surface area contributed by atoms with E-state index >= 15 is 0 Å². The molecular formula is C9H15N3O3. The Morgan fingerprint density at radius 1 is 1.47 bits per heavy atom. The molecule has 0 amide bonds. The highest BCUT2D eigenvalue weighted by Crippen LogP contribution is 2.18. The summed E-state index contributed by atoms with van der Waals surface area (Å²) in [6.07, 6.45) is -0.207. The van der Waals surface area contributed by atoms with Gasteiger partial charge in [-0.25, -0.2) is 0 Å². The highest BCUT2D eigenvalue weighted by molar-refractivity contribution is 4.90. The van der Waals surface area contributed by atoms with Crippen molar-refractivity contribution in [2.75, 3.05) is 26.4 Å². The van der Waals surface area contributed by atoms with E-state index in [1.165, 1.54) is 0 Å². The van der Waals surface area contributed by atoms with E-state index in [2.05, 4.69) is 15.5 Å². The van der Waals surface area contributed by atoms with Gasteiger partial charge in [0.2, 0.25) is 0 Å². The average Bonchev–Trinajstić information content (AvgIpc) is 2.76. The highest BCUT2D eigenvalue weighted by atomic mass is 16.6. The molecule has 1 N–H and O–H groups in total. The summed E-state index contributed by atoms with van der Waals surface area (Å²) >= 11 is 0. The van der Waals surface area contributed by atoms with E-state index in [0.717, 1.165) is 6.54 Å². The standard InChI is InChI=1S/C9H15N3O3/c1-2-10-5-8-11-9(15-12-8)7-6-13-3-4-14-7/h7,10H,2-6H2,1H3. The van der Waals surface area contributed by atoms with E-state index in [1.807, 2.05) is 6.92 Å².